The third kappa shape index (κ3) is 4.85. The number of anilines is 1. The SMILES string of the molecule is CC(NC(=O)CCCOc1ccc2c(c1)CCC(=O)N2)c1ccccc1. The number of carbonyl (C=O) groups excluding carboxylic acids is 2. The quantitative estimate of drug-likeness (QED) is 0.748. The largest absolute Gasteiger partial charge is 0.494 e. The molecule has 0 radical (unpaired) electrons. The van der Waals surface area contributed by atoms with Gasteiger partial charge in [-0.1, -0.05) is 30.3 Å². The Morgan fingerprint density at radius 1 is 1.19 bits per heavy atom. The van der Waals surface area contributed by atoms with Crippen LogP contribution in [-0.2, 0) is 16.0 Å². The number of carbonyl (C=O) groups is 2. The van der Waals surface area contributed by atoms with E-state index in [4.69, 9.17) is 4.74 Å². The highest BCUT2D eigenvalue weighted by Gasteiger charge is 2.15. The zero-order valence-electron chi connectivity index (χ0n) is 15.0. The molecule has 26 heavy (non-hydrogen) atoms. The van der Waals surface area contributed by atoms with E-state index in [1.54, 1.807) is 0 Å². The number of hydrogen-bond donors (Lipinski definition) is 2. The predicted molar refractivity (Wildman–Crippen MR) is 101 cm³/mol. The van der Waals surface area contributed by atoms with Crippen molar-refractivity contribution in [2.45, 2.75) is 38.6 Å². The average molecular weight is 352 g/mol. The Bertz CT molecular complexity index is 774. The Morgan fingerprint density at radius 2 is 2.00 bits per heavy atom. The topological polar surface area (TPSA) is 67.4 Å². The molecule has 1 unspecified atom stereocenters. The minimum Gasteiger partial charge on any atom is -0.494 e. The third-order valence-corrected chi connectivity index (χ3v) is 4.47. The van der Waals surface area contributed by atoms with Gasteiger partial charge in [0.1, 0.15) is 5.75 Å². The molecule has 0 spiro atoms. The van der Waals surface area contributed by atoms with Crippen LogP contribution in [0.5, 0.6) is 5.75 Å². The van der Waals surface area contributed by atoms with Gasteiger partial charge in [0.15, 0.2) is 0 Å². The first-order chi connectivity index (χ1) is 12.6. The Hall–Kier alpha value is -2.82. The summed E-state index contributed by atoms with van der Waals surface area (Å²) >= 11 is 0. The molecule has 1 heterocycles. The first-order valence-electron chi connectivity index (χ1n) is 9.02. The molecule has 1 atom stereocenters. The maximum atomic E-state index is 12.1. The zero-order valence-corrected chi connectivity index (χ0v) is 15.0. The molecule has 1 aliphatic rings. The Balaban J connectivity index is 1.40. The molecule has 0 saturated heterocycles. The number of benzene rings is 2. The normalized spacial score (nSPS) is 14.1. The first-order valence-corrected chi connectivity index (χ1v) is 9.02. The summed E-state index contributed by atoms with van der Waals surface area (Å²) in [5, 5.41) is 5.86. The van der Waals surface area contributed by atoms with Crippen LogP contribution >= 0.6 is 0 Å². The molecule has 136 valence electrons. The summed E-state index contributed by atoms with van der Waals surface area (Å²) in [6.45, 7) is 2.47. The van der Waals surface area contributed by atoms with E-state index in [9.17, 15) is 9.59 Å². The fraction of sp³-hybridized carbons (Fsp3) is 0.333. The number of ether oxygens (including phenoxy) is 1. The summed E-state index contributed by atoms with van der Waals surface area (Å²) in [6, 6.07) is 15.6. The van der Waals surface area contributed by atoms with Crippen molar-refractivity contribution in [3.8, 4) is 5.75 Å². The number of nitrogens with one attached hydrogen (secondary N) is 2. The molecule has 2 N–H and O–H groups in total. The lowest BCUT2D eigenvalue weighted by Crippen LogP contribution is -2.26. The van der Waals surface area contributed by atoms with Crippen molar-refractivity contribution in [1.82, 2.24) is 5.32 Å². The van der Waals surface area contributed by atoms with Crippen molar-refractivity contribution >= 4 is 17.5 Å². The fourth-order valence-electron chi connectivity index (χ4n) is 3.01. The molecule has 0 aliphatic carbocycles. The minimum atomic E-state index is 0.000439. The van der Waals surface area contributed by atoms with Gasteiger partial charge in [-0.2, -0.15) is 0 Å². The molecule has 1 aliphatic heterocycles. The molecular formula is C21H24N2O3. The molecule has 2 amide bonds. The summed E-state index contributed by atoms with van der Waals surface area (Å²) in [5.41, 5.74) is 3.05. The molecule has 0 bridgehead atoms. The Morgan fingerprint density at radius 3 is 2.81 bits per heavy atom. The van der Waals surface area contributed by atoms with Crippen LogP contribution in [0.25, 0.3) is 0 Å². The van der Waals surface area contributed by atoms with Crippen molar-refractivity contribution in [3.63, 3.8) is 0 Å². The van der Waals surface area contributed by atoms with Crippen LogP contribution in [0, 0.1) is 0 Å². The van der Waals surface area contributed by atoms with Gasteiger partial charge in [0.05, 0.1) is 12.6 Å². The van der Waals surface area contributed by atoms with Gasteiger partial charge in [-0.25, -0.2) is 0 Å². The van der Waals surface area contributed by atoms with Gasteiger partial charge in [-0.15, -0.1) is 0 Å². The van der Waals surface area contributed by atoms with Crippen LogP contribution in [0.4, 0.5) is 5.69 Å². The van der Waals surface area contributed by atoms with Crippen LogP contribution in [-0.4, -0.2) is 18.4 Å². The van der Waals surface area contributed by atoms with Crippen LogP contribution in [0.1, 0.15) is 43.4 Å². The Kier molecular flexibility index (Phi) is 5.89. The van der Waals surface area contributed by atoms with Gasteiger partial charge in [-0.05, 0) is 49.1 Å². The fourth-order valence-corrected chi connectivity index (χ4v) is 3.01. The van der Waals surface area contributed by atoms with E-state index in [0.717, 1.165) is 29.0 Å². The van der Waals surface area contributed by atoms with Crippen molar-refractivity contribution < 1.29 is 14.3 Å². The number of amides is 2. The van der Waals surface area contributed by atoms with E-state index in [1.807, 2.05) is 55.5 Å². The van der Waals surface area contributed by atoms with Gasteiger partial charge in [0.25, 0.3) is 0 Å². The van der Waals surface area contributed by atoms with Gasteiger partial charge < -0.3 is 15.4 Å². The van der Waals surface area contributed by atoms with Gasteiger partial charge in [0, 0.05) is 18.5 Å². The number of hydrogen-bond acceptors (Lipinski definition) is 3. The summed E-state index contributed by atoms with van der Waals surface area (Å²) in [5.74, 6) is 0.859. The van der Waals surface area contributed by atoms with Gasteiger partial charge >= 0.3 is 0 Å². The molecule has 0 aromatic heterocycles. The summed E-state index contributed by atoms with van der Waals surface area (Å²) in [6.07, 6.45) is 2.33. The second-order valence-corrected chi connectivity index (χ2v) is 6.52. The maximum Gasteiger partial charge on any atom is 0.224 e. The van der Waals surface area contributed by atoms with Crippen LogP contribution in [0.2, 0.25) is 0 Å². The second kappa shape index (κ2) is 8.52. The molecule has 3 rings (SSSR count). The third-order valence-electron chi connectivity index (χ3n) is 4.47. The van der Waals surface area contributed by atoms with E-state index in [-0.39, 0.29) is 17.9 Å². The van der Waals surface area contributed by atoms with Crippen LogP contribution in [0.15, 0.2) is 48.5 Å². The molecule has 2 aromatic carbocycles. The minimum absolute atomic E-state index is 0.000439. The van der Waals surface area contributed by atoms with Crippen molar-refractivity contribution in [2.75, 3.05) is 11.9 Å². The van der Waals surface area contributed by atoms with E-state index >= 15 is 0 Å². The number of fused-ring (bicyclic) bond motifs is 1. The van der Waals surface area contributed by atoms with Gasteiger partial charge in [-0.3, -0.25) is 9.59 Å². The molecule has 0 saturated carbocycles. The first kappa shape index (κ1) is 18.0. The predicted octanol–water partition coefficient (Wildman–Crippen LogP) is 3.61. The molecule has 2 aromatic rings. The average Bonchev–Trinajstić information content (AvgIpc) is 2.66. The zero-order chi connectivity index (χ0) is 18.4. The number of rotatable bonds is 7. The Labute approximate surface area is 153 Å². The highest BCUT2D eigenvalue weighted by atomic mass is 16.5. The van der Waals surface area contributed by atoms with E-state index in [1.165, 1.54) is 0 Å². The maximum absolute atomic E-state index is 12.1. The lowest BCUT2D eigenvalue weighted by molar-refractivity contribution is -0.122. The van der Waals surface area contributed by atoms with Crippen LogP contribution < -0.4 is 15.4 Å². The monoisotopic (exact) mass is 352 g/mol. The summed E-state index contributed by atoms with van der Waals surface area (Å²) < 4.78 is 5.75. The number of aryl methyl sites for hydroxylation is 1. The van der Waals surface area contributed by atoms with Crippen LogP contribution in [0.3, 0.4) is 0 Å². The molecular weight excluding hydrogens is 328 g/mol. The highest BCUT2D eigenvalue weighted by Crippen LogP contribution is 2.26. The lowest BCUT2D eigenvalue weighted by atomic mass is 10.0. The van der Waals surface area contributed by atoms with Crippen molar-refractivity contribution in [3.05, 3.63) is 59.7 Å². The van der Waals surface area contributed by atoms with E-state index < -0.39 is 0 Å². The summed E-state index contributed by atoms with van der Waals surface area (Å²) in [4.78, 5) is 23.4. The van der Waals surface area contributed by atoms with Crippen molar-refractivity contribution in [1.29, 1.82) is 0 Å². The molecule has 5 nitrogen and oxygen atoms in total. The van der Waals surface area contributed by atoms with Crippen molar-refractivity contribution in [2.24, 2.45) is 0 Å². The van der Waals surface area contributed by atoms with E-state index in [2.05, 4.69) is 10.6 Å². The lowest BCUT2D eigenvalue weighted by Gasteiger charge is -2.18. The summed E-state index contributed by atoms with van der Waals surface area (Å²) in [7, 11) is 0. The van der Waals surface area contributed by atoms with E-state index in [0.29, 0.717) is 25.9 Å². The smallest absolute Gasteiger partial charge is 0.224 e. The highest BCUT2D eigenvalue weighted by molar-refractivity contribution is 5.94. The van der Waals surface area contributed by atoms with Gasteiger partial charge in [0.2, 0.25) is 11.8 Å². The standard InChI is InChI=1S/C21H24N2O3/c1-15(16-6-3-2-4-7-16)22-20(24)8-5-13-26-18-10-11-19-17(14-18)9-12-21(25)23-19/h2-4,6-7,10-11,14-15H,5,8-9,12-13H2,1H3,(H,22,24)(H,23,25). The molecule has 5 heteroatoms. The second-order valence-electron chi connectivity index (χ2n) is 6.52. The molecule has 0 fully saturated rings.